The highest BCUT2D eigenvalue weighted by Gasteiger charge is 2.44. The summed E-state index contributed by atoms with van der Waals surface area (Å²) in [5.41, 5.74) is 0.677. The molecule has 0 aromatic heterocycles. The predicted molar refractivity (Wildman–Crippen MR) is 101 cm³/mol. The number of carbonyl (C=O) groups is 1. The number of halogens is 3. The maximum atomic E-state index is 13.3. The van der Waals surface area contributed by atoms with Crippen LogP contribution in [0.4, 0.5) is 13.2 Å². The van der Waals surface area contributed by atoms with Crippen LogP contribution in [0.5, 0.6) is 0 Å². The lowest BCUT2D eigenvalue weighted by Crippen LogP contribution is -2.55. The number of rotatable bonds is 12. The zero-order valence-corrected chi connectivity index (χ0v) is 16.3. The van der Waals surface area contributed by atoms with Crippen molar-refractivity contribution in [3.05, 3.63) is 35.9 Å². The number of hydrogen-bond donors (Lipinski definition) is 3. The molecule has 0 aliphatic carbocycles. The number of aliphatic hydroxyl groups is 1. The molecule has 0 saturated heterocycles. The maximum absolute atomic E-state index is 13.3. The third-order valence-electron chi connectivity index (χ3n) is 3.86. The number of benzene rings is 1. The summed E-state index contributed by atoms with van der Waals surface area (Å²) in [5, 5.41) is 15.2. The van der Waals surface area contributed by atoms with Gasteiger partial charge in [0.25, 0.3) is 0 Å². The summed E-state index contributed by atoms with van der Waals surface area (Å²) in [6, 6.07) is 5.76. The summed E-state index contributed by atoms with van der Waals surface area (Å²) in [4.78, 5) is 11.9. The number of aliphatic hydroxyl groups excluding tert-OH is 1. The standard InChI is InChI=1S/C18H27F3N2O3S/c1-3-26-17(25)14(9-10-27-2)22-12-15(24)16(18(19,20)21)23-11-13-7-5-4-6-8-13/h4-8,14-16,22-24H,3,9-12H2,1-2H3/t14-,15?,16?/m0/s1. The van der Waals surface area contributed by atoms with Gasteiger partial charge in [-0.2, -0.15) is 24.9 Å². The number of hydrogen-bond acceptors (Lipinski definition) is 6. The highest BCUT2D eigenvalue weighted by molar-refractivity contribution is 7.98. The van der Waals surface area contributed by atoms with E-state index in [0.717, 1.165) is 0 Å². The van der Waals surface area contributed by atoms with Gasteiger partial charge < -0.3 is 15.2 Å². The predicted octanol–water partition coefficient (Wildman–Crippen LogP) is 2.34. The van der Waals surface area contributed by atoms with Gasteiger partial charge in [-0.3, -0.25) is 10.1 Å². The number of nitrogens with one attached hydrogen (secondary N) is 2. The van der Waals surface area contributed by atoms with Gasteiger partial charge in [-0.15, -0.1) is 0 Å². The minimum Gasteiger partial charge on any atom is -0.465 e. The van der Waals surface area contributed by atoms with E-state index in [1.54, 1.807) is 37.3 Å². The van der Waals surface area contributed by atoms with Crippen LogP contribution in [-0.2, 0) is 16.1 Å². The number of thioether (sulfide) groups is 1. The molecule has 154 valence electrons. The summed E-state index contributed by atoms with van der Waals surface area (Å²) >= 11 is 1.51. The molecule has 3 atom stereocenters. The molecule has 0 aliphatic rings. The van der Waals surface area contributed by atoms with Crippen molar-refractivity contribution in [1.82, 2.24) is 10.6 Å². The number of carbonyl (C=O) groups excluding carboxylic acids is 1. The third kappa shape index (κ3) is 8.96. The van der Waals surface area contributed by atoms with E-state index in [1.807, 2.05) is 6.26 Å². The molecule has 0 bridgehead atoms. The first-order chi connectivity index (χ1) is 12.8. The van der Waals surface area contributed by atoms with E-state index in [4.69, 9.17) is 4.74 Å². The van der Waals surface area contributed by atoms with Crippen LogP contribution in [0, 0.1) is 0 Å². The van der Waals surface area contributed by atoms with Gasteiger partial charge in [0.2, 0.25) is 0 Å². The molecule has 0 spiro atoms. The summed E-state index contributed by atoms with van der Waals surface area (Å²) in [6.07, 6.45) is -4.11. The molecule has 2 unspecified atom stereocenters. The first kappa shape index (κ1) is 23.7. The third-order valence-corrected chi connectivity index (χ3v) is 4.51. The van der Waals surface area contributed by atoms with Gasteiger partial charge in [-0.05, 0) is 30.9 Å². The van der Waals surface area contributed by atoms with Crippen molar-refractivity contribution in [2.45, 2.75) is 44.3 Å². The van der Waals surface area contributed by atoms with E-state index in [-0.39, 0.29) is 19.7 Å². The Morgan fingerprint density at radius 3 is 2.48 bits per heavy atom. The first-order valence-corrected chi connectivity index (χ1v) is 10.1. The van der Waals surface area contributed by atoms with Crippen molar-refractivity contribution in [3.8, 4) is 0 Å². The summed E-state index contributed by atoms with van der Waals surface area (Å²) in [7, 11) is 0. The van der Waals surface area contributed by atoms with E-state index in [2.05, 4.69) is 10.6 Å². The summed E-state index contributed by atoms with van der Waals surface area (Å²) < 4.78 is 44.9. The second kappa shape index (κ2) is 12.2. The molecule has 0 saturated carbocycles. The topological polar surface area (TPSA) is 70.6 Å². The zero-order valence-electron chi connectivity index (χ0n) is 15.5. The molecule has 9 heteroatoms. The Labute approximate surface area is 162 Å². The molecule has 1 aromatic carbocycles. The fourth-order valence-corrected chi connectivity index (χ4v) is 2.93. The first-order valence-electron chi connectivity index (χ1n) is 8.70. The Balaban J connectivity index is 2.68. The van der Waals surface area contributed by atoms with Crippen molar-refractivity contribution in [2.24, 2.45) is 0 Å². The van der Waals surface area contributed by atoms with Crippen molar-refractivity contribution < 1.29 is 27.8 Å². The minimum atomic E-state index is -4.63. The molecule has 0 amide bonds. The Morgan fingerprint density at radius 2 is 1.93 bits per heavy atom. The van der Waals surface area contributed by atoms with Gasteiger partial charge in [-0.1, -0.05) is 30.3 Å². The van der Waals surface area contributed by atoms with Gasteiger partial charge in [0.15, 0.2) is 0 Å². The molecule has 3 N–H and O–H groups in total. The van der Waals surface area contributed by atoms with Crippen molar-refractivity contribution in [1.29, 1.82) is 0 Å². The molecule has 5 nitrogen and oxygen atoms in total. The van der Waals surface area contributed by atoms with Gasteiger partial charge in [0, 0.05) is 13.1 Å². The van der Waals surface area contributed by atoms with Crippen LogP contribution in [0.3, 0.4) is 0 Å². The fraction of sp³-hybridized carbons (Fsp3) is 0.611. The van der Waals surface area contributed by atoms with Crippen LogP contribution in [0.2, 0.25) is 0 Å². The number of alkyl halides is 3. The molecule has 0 aliphatic heterocycles. The van der Waals surface area contributed by atoms with E-state index in [1.165, 1.54) is 11.8 Å². The van der Waals surface area contributed by atoms with E-state index in [9.17, 15) is 23.1 Å². The lowest BCUT2D eigenvalue weighted by atomic mass is 10.1. The molecule has 27 heavy (non-hydrogen) atoms. The Kier molecular flexibility index (Phi) is 10.8. The number of esters is 1. The van der Waals surface area contributed by atoms with Gasteiger partial charge in [0.05, 0.1) is 12.7 Å². The van der Waals surface area contributed by atoms with Crippen LogP contribution >= 0.6 is 11.8 Å². The van der Waals surface area contributed by atoms with E-state index < -0.39 is 30.3 Å². The smallest absolute Gasteiger partial charge is 0.406 e. The van der Waals surface area contributed by atoms with Crippen LogP contribution in [0.1, 0.15) is 18.9 Å². The average molecular weight is 408 g/mol. The molecular formula is C18H27F3N2O3S. The van der Waals surface area contributed by atoms with Crippen molar-refractivity contribution >= 4 is 17.7 Å². The molecule has 0 radical (unpaired) electrons. The molecule has 1 rings (SSSR count). The second-order valence-corrected chi connectivity index (χ2v) is 6.93. The second-order valence-electron chi connectivity index (χ2n) is 5.95. The molecule has 1 aromatic rings. The maximum Gasteiger partial charge on any atom is 0.406 e. The van der Waals surface area contributed by atoms with Crippen molar-refractivity contribution in [3.63, 3.8) is 0 Å². The monoisotopic (exact) mass is 408 g/mol. The zero-order chi connectivity index (χ0) is 20.3. The van der Waals surface area contributed by atoms with Crippen LogP contribution in [0.15, 0.2) is 30.3 Å². The van der Waals surface area contributed by atoms with Crippen LogP contribution < -0.4 is 10.6 Å². The van der Waals surface area contributed by atoms with E-state index in [0.29, 0.717) is 17.7 Å². The average Bonchev–Trinajstić information content (AvgIpc) is 2.61. The van der Waals surface area contributed by atoms with Crippen LogP contribution in [-0.4, -0.2) is 60.6 Å². The lowest BCUT2D eigenvalue weighted by Gasteiger charge is -2.28. The minimum absolute atomic E-state index is 0.0319. The summed E-state index contributed by atoms with van der Waals surface area (Å²) in [6.45, 7) is 1.42. The normalized spacial score (nSPS) is 15.2. The molecule has 0 fully saturated rings. The fourth-order valence-electron chi connectivity index (χ4n) is 2.46. The Hall–Kier alpha value is -1.29. The SMILES string of the molecule is CCOC(=O)[C@H](CCSC)NCC(O)C(NCc1ccccc1)C(F)(F)F. The Morgan fingerprint density at radius 1 is 1.26 bits per heavy atom. The highest BCUT2D eigenvalue weighted by Crippen LogP contribution is 2.23. The Bertz CT molecular complexity index is 546. The molecular weight excluding hydrogens is 381 g/mol. The number of ether oxygens (including phenoxy) is 1. The largest absolute Gasteiger partial charge is 0.465 e. The quantitative estimate of drug-likeness (QED) is 0.461. The van der Waals surface area contributed by atoms with E-state index >= 15 is 0 Å². The molecule has 0 heterocycles. The van der Waals surface area contributed by atoms with Gasteiger partial charge in [-0.25, -0.2) is 0 Å². The van der Waals surface area contributed by atoms with Gasteiger partial charge >= 0.3 is 12.1 Å². The van der Waals surface area contributed by atoms with Crippen LogP contribution in [0.25, 0.3) is 0 Å². The lowest BCUT2D eigenvalue weighted by molar-refractivity contribution is -0.178. The summed E-state index contributed by atoms with van der Waals surface area (Å²) in [5.74, 6) is 0.112. The van der Waals surface area contributed by atoms with Gasteiger partial charge in [0.1, 0.15) is 12.1 Å². The highest BCUT2D eigenvalue weighted by atomic mass is 32.2. The van der Waals surface area contributed by atoms with Crippen molar-refractivity contribution in [2.75, 3.05) is 25.2 Å².